The molecule has 1 atom stereocenters. The molecule has 1 unspecified atom stereocenters. The van der Waals surface area contributed by atoms with Crippen LogP contribution in [0, 0.1) is 5.41 Å². The lowest BCUT2D eigenvalue weighted by Crippen LogP contribution is -2.43. The van der Waals surface area contributed by atoms with Gasteiger partial charge in [0.15, 0.2) is 0 Å². The maximum absolute atomic E-state index is 12.6. The molecule has 1 aromatic carbocycles. The molecule has 0 aliphatic carbocycles. The van der Waals surface area contributed by atoms with Gasteiger partial charge in [0.2, 0.25) is 5.91 Å². The lowest BCUT2D eigenvalue weighted by Gasteiger charge is -2.31. The summed E-state index contributed by atoms with van der Waals surface area (Å²) in [6, 6.07) is 9.87. The Morgan fingerprint density at radius 2 is 2.00 bits per heavy atom. The lowest BCUT2D eigenvalue weighted by molar-refractivity contribution is -0.126. The molecule has 104 valence electrons. The molecular formula is C16H23NO2. The van der Waals surface area contributed by atoms with Crippen LogP contribution in [-0.4, -0.2) is 25.2 Å². The molecule has 1 amide bonds. The average Bonchev–Trinajstić information content (AvgIpc) is 2.88. The van der Waals surface area contributed by atoms with Gasteiger partial charge in [0.05, 0.1) is 12.6 Å². The van der Waals surface area contributed by atoms with Crippen LogP contribution in [0.1, 0.15) is 33.6 Å². The third kappa shape index (κ3) is 3.57. The number of para-hydroxylation sites is 1. The van der Waals surface area contributed by atoms with Gasteiger partial charge in [-0.2, -0.15) is 0 Å². The number of benzene rings is 1. The minimum absolute atomic E-state index is 0.147. The maximum atomic E-state index is 12.6. The van der Waals surface area contributed by atoms with Crippen molar-refractivity contribution in [1.29, 1.82) is 0 Å². The predicted octanol–water partition coefficient (Wildman–Crippen LogP) is 3.24. The molecule has 0 bridgehead atoms. The minimum Gasteiger partial charge on any atom is -0.376 e. The molecule has 1 fully saturated rings. The summed E-state index contributed by atoms with van der Waals surface area (Å²) >= 11 is 0. The number of carbonyl (C=O) groups is 1. The SMILES string of the molecule is CC(C)(C)C(=O)N(CC1CCCO1)c1ccccc1. The van der Waals surface area contributed by atoms with E-state index in [2.05, 4.69) is 0 Å². The molecule has 1 saturated heterocycles. The first kappa shape index (κ1) is 14.1. The number of ether oxygens (including phenoxy) is 1. The van der Waals surface area contributed by atoms with E-state index in [9.17, 15) is 4.79 Å². The molecule has 0 radical (unpaired) electrons. The molecule has 2 rings (SSSR count). The van der Waals surface area contributed by atoms with Gasteiger partial charge in [-0.25, -0.2) is 0 Å². The number of amides is 1. The van der Waals surface area contributed by atoms with E-state index in [-0.39, 0.29) is 17.4 Å². The van der Waals surface area contributed by atoms with Crippen LogP contribution < -0.4 is 4.90 Å². The van der Waals surface area contributed by atoms with Crippen molar-refractivity contribution < 1.29 is 9.53 Å². The molecule has 0 N–H and O–H groups in total. The first-order valence-corrected chi connectivity index (χ1v) is 6.97. The van der Waals surface area contributed by atoms with Crippen molar-refractivity contribution in [2.24, 2.45) is 5.41 Å². The number of hydrogen-bond donors (Lipinski definition) is 0. The van der Waals surface area contributed by atoms with Gasteiger partial charge in [0.1, 0.15) is 0 Å². The van der Waals surface area contributed by atoms with E-state index in [0.717, 1.165) is 25.1 Å². The van der Waals surface area contributed by atoms with Gasteiger partial charge < -0.3 is 9.64 Å². The molecule has 3 nitrogen and oxygen atoms in total. The van der Waals surface area contributed by atoms with Crippen LogP contribution in [0.15, 0.2) is 30.3 Å². The Kier molecular flexibility index (Phi) is 4.25. The highest BCUT2D eigenvalue weighted by molar-refractivity contribution is 5.96. The second-order valence-corrected chi connectivity index (χ2v) is 6.14. The number of carbonyl (C=O) groups excluding carboxylic acids is 1. The van der Waals surface area contributed by atoms with E-state index in [1.54, 1.807) is 0 Å². The predicted molar refractivity (Wildman–Crippen MR) is 77.2 cm³/mol. The first-order chi connectivity index (χ1) is 8.98. The summed E-state index contributed by atoms with van der Waals surface area (Å²) in [6.45, 7) is 7.35. The molecular weight excluding hydrogens is 238 g/mol. The van der Waals surface area contributed by atoms with E-state index in [0.29, 0.717) is 6.54 Å². The molecule has 3 heteroatoms. The number of anilines is 1. The second-order valence-electron chi connectivity index (χ2n) is 6.14. The van der Waals surface area contributed by atoms with Gasteiger partial charge in [0.25, 0.3) is 0 Å². The first-order valence-electron chi connectivity index (χ1n) is 6.97. The van der Waals surface area contributed by atoms with E-state index >= 15 is 0 Å². The van der Waals surface area contributed by atoms with E-state index in [1.807, 2.05) is 56.0 Å². The van der Waals surface area contributed by atoms with Crippen LogP contribution in [-0.2, 0) is 9.53 Å². The standard InChI is InChI=1S/C16H23NO2/c1-16(2,3)15(18)17(12-14-10-7-11-19-14)13-8-5-4-6-9-13/h4-6,8-9,14H,7,10-12H2,1-3H3. The molecule has 0 spiro atoms. The average molecular weight is 261 g/mol. The summed E-state index contributed by atoms with van der Waals surface area (Å²) in [4.78, 5) is 14.5. The smallest absolute Gasteiger partial charge is 0.232 e. The number of nitrogens with zero attached hydrogens (tertiary/aromatic N) is 1. The van der Waals surface area contributed by atoms with Crippen molar-refractivity contribution in [3.05, 3.63) is 30.3 Å². The molecule has 19 heavy (non-hydrogen) atoms. The summed E-state index contributed by atoms with van der Waals surface area (Å²) in [5.74, 6) is 0.147. The highest BCUT2D eigenvalue weighted by Crippen LogP contribution is 2.25. The Morgan fingerprint density at radius 1 is 1.32 bits per heavy atom. The Bertz CT molecular complexity index is 416. The summed E-state index contributed by atoms with van der Waals surface area (Å²) in [6.07, 6.45) is 2.31. The minimum atomic E-state index is -0.381. The molecule has 1 aliphatic heterocycles. The van der Waals surface area contributed by atoms with E-state index < -0.39 is 0 Å². The highest BCUT2D eigenvalue weighted by atomic mass is 16.5. The largest absolute Gasteiger partial charge is 0.376 e. The quantitative estimate of drug-likeness (QED) is 0.836. The molecule has 1 aromatic rings. The van der Waals surface area contributed by atoms with Gasteiger partial charge in [0, 0.05) is 17.7 Å². The van der Waals surface area contributed by atoms with Gasteiger partial charge in [-0.3, -0.25) is 4.79 Å². The zero-order valence-electron chi connectivity index (χ0n) is 12.1. The van der Waals surface area contributed by atoms with Crippen LogP contribution in [0.5, 0.6) is 0 Å². The third-order valence-corrected chi connectivity index (χ3v) is 3.36. The summed E-state index contributed by atoms with van der Waals surface area (Å²) < 4.78 is 5.67. The zero-order valence-corrected chi connectivity index (χ0v) is 12.1. The van der Waals surface area contributed by atoms with Crippen molar-refractivity contribution in [3.63, 3.8) is 0 Å². The Balaban J connectivity index is 2.20. The second kappa shape index (κ2) is 5.74. The third-order valence-electron chi connectivity index (χ3n) is 3.36. The van der Waals surface area contributed by atoms with Crippen LogP contribution >= 0.6 is 0 Å². The Labute approximate surface area is 115 Å². The van der Waals surface area contributed by atoms with E-state index in [4.69, 9.17) is 4.74 Å². The highest BCUT2D eigenvalue weighted by Gasteiger charge is 2.30. The Hall–Kier alpha value is -1.35. The number of hydrogen-bond acceptors (Lipinski definition) is 2. The molecule has 1 aliphatic rings. The normalized spacial score (nSPS) is 19.4. The summed E-state index contributed by atoms with van der Waals surface area (Å²) in [5.41, 5.74) is 0.576. The van der Waals surface area contributed by atoms with Crippen LogP contribution in [0.3, 0.4) is 0 Å². The van der Waals surface area contributed by atoms with Gasteiger partial charge in [-0.05, 0) is 25.0 Å². The van der Waals surface area contributed by atoms with Crippen LogP contribution in [0.4, 0.5) is 5.69 Å². The Morgan fingerprint density at radius 3 is 2.53 bits per heavy atom. The van der Waals surface area contributed by atoms with Gasteiger partial charge in [-0.1, -0.05) is 39.0 Å². The molecule has 0 aromatic heterocycles. The van der Waals surface area contributed by atoms with Crippen molar-refractivity contribution in [3.8, 4) is 0 Å². The van der Waals surface area contributed by atoms with E-state index in [1.165, 1.54) is 0 Å². The number of rotatable bonds is 3. The zero-order chi connectivity index (χ0) is 13.9. The van der Waals surface area contributed by atoms with Crippen molar-refractivity contribution in [1.82, 2.24) is 0 Å². The van der Waals surface area contributed by atoms with Crippen molar-refractivity contribution >= 4 is 11.6 Å². The van der Waals surface area contributed by atoms with Gasteiger partial charge in [-0.15, -0.1) is 0 Å². The van der Waals surface area contributed by atoms with Crippen molar-refractivity contribution in [2.45, 2.75) is 39.7 Å². The van der Waals surface area contributed by atoms with Crippen LogP contribution in [0.2, 0.25) is 0 Å². The lowest BCUT2D eigenvalue weighted by atomic mass is 9.94. The van der Waals surface area contributed by atoms with Gasteiger partial charge >= 0.3 is 0 Å². The maximum Gasteiger partial charge on any atom is 0.232 e. The molecule has 0 saturated carbocycles. The summed E-state index contributed by atoms with van der Waals surface area (Å²) in [7, 11) is 0. The molecule has 1 heterocycles. The fourth-order valence-electron chi connectivity index (χ4n) is 2.31. The fourth-order valence-corrected chi connectivity index (χ4v) is 2.31. The summed E-state index contributed by atoms with van der Waals surface area (Å²) in [5, 5.41) is 0. The monoisotopic (exact) mass is 261 g/mol. The fraction of sp³-hybridized carbons (Fsp3) is 0.562. The van der Waals surface area contributed by atoms with Crippen molar-refractivity contribution in [2.75, 3.05) is 18.1 Å². The van der Waals surface area contributed by atoms with Crippen LogP contribution in [0.25, 0.3) is 0 Å². The topological polar surface area (TPSA) is 29.5 Å².